The third-order valence-corrected chi connectivity index (χ3v) is 3.83. The van der Waals surface area contributed by atoms with Crippen LogP contribution in [0.25, 0.3) is 0 Å². The molecule has 1 aliphatic heterocycles. The SMILES string of the molecule is CCOc1ccccc1O[C@@H](c1ccccc1)[C@@H]1CNCCO1.CS(=O)(=O)O.O. The number of morpholine rings is 1. The average Bonchev–Trinajstić information content (AvgIpc) is 2.67. The molecule has 2 aromatic rings. The van der Waals surface area contributed by atoms with Crippen molar-refractivity contribution in [1.29, 1.82) is 0 Å². The van der Waals surface area contributed by atoms with Gasteiger partial charge in [0.15, 0.2) is 17.6 Å². The summed E-state index contributed by atoms with van der Waals surface area (Å²) < 4.78 is 43.8. The predicted octanol–water partition coefficient (Wildman–Crippen LogP) is 1.87. The minimum atomic E-state index is -3.67. The van der Waals surface area contributed by atoms with Crippen molar-refractivity contribution in [2.75, 3.05) is 32.6 Å². The maximum absolute atomic E-state index is 9.19. The summed E-state index contributed by atoms with van der Waals surface area (Å²) >= 11 is 0. The van der Waals surface area contributed by atoms with Crippen molar-refractivity contribution in [3.8, 4) is 11.5 Å². The van der Waals surface area contributed by atoms with Gasteiger partial charge in [-0.05, 0) is 24.6 Å². The summed E-state index contributed by atoms with van der Waals surface area (Å²) in [6.45, 7) is 4.94. The van der Waals surface area contributed by atoms with E-state index in [1.807, 2.05) is 49.4 Å². The van der Waals surface area contributed by atoms with Gasteiger partial charge in [0.25, 0.3) is 10.1 Å². The molecule has 0 saturated carbocycles. The Labute approximate surface area is 171 Å². The zero-order chi connectivity index (χ0) is 20.4. The van der Waals surface area contributed by atoms with Gasteiger partial charge in [0.05, 0.1) is 19.5 Å². The first-order valence-electron chi connectivity index (χ1n) is 9.06. The van der Waals surface area contributed by atoms with Gasteiger partial charge in [-0.1, -0.05) is 42.5 Å². The number of hydrogen-bond acceptors (Lipinski definition) is 6. The van der Waals surface area contributed by atoms with Crippen LogP contribution in [-0.4, -0.2) is 57.1 Å². The van der Waals surface area contributed by atoms with Crippen LogP contribution in [-0.2, 0) is 14.9 Å². The lowest BCUT2D eigenvalue weighted by Gasteiger charge is -2.32. The van der Waals surface area contributed by atoms with Crippen LogP contribution >= 0.6 is 0 Å². The average molecular weight is 428 g/mol. The van der Waals surface area contributed by atoms with Crippen molar-refractivity contribution in [3.05, 3.63) is 60.2 Å². The lowest BCUT2D eigenvalue weighted by molar-refractivity contribution is -0.0439. The van der Waals surface area contributed by atoms with Gasteiger partial charge in [0, 0.05) is 13.1 Å². The first-order valence-corrected chi connectivity index (χ1v) is 10.9. The van der Waals surface area contributed by atoms with E-state index in [-0.39, 0.29) is 17.7 Å². The molecule has 3 rings (SSSR count). The van der Waals surface area contributed by atoms with Crippen molar-refractivity contribution in [2.24, 2.45) is 0 Å². The summed E-state index contributed by atoms with van der Waals surface area (Å²) in [5.41, 5.74) is 1.10. The summed E-state index contributed by atoms with van der Waals surface area (Å²) in [6, 6.07) is 18.0. The molecular formula is C20H29NO7S. The predicted molar refractivity (Wildman–Crippen MR) is 111 cm³/mol. The fourth-order valence-electron chi connectivity index (χ4n) is 2.74. The van der Waals surface area contributed by atoms with Gasteiger partial charge in [-0.2, -0.15) is 8.42 Å². The number of benzene rings is 2. The molecule has 1 aliphatic rings. The van der Waals surface area contributed by atoms with E-state index in [1.54, 1.807) is 0 Å². The molecule has 1 saturated heterocycles. The summed E-state index contributed by atoms with van der Waals surface area (Å²) in [5, 5.41) is 3.37. The van der Waals surface area contributed by atoms with E-state index < -0.39 is 10.1 Å². The zero-order valence-electron chi connectivity index (χ0n) is 16.6. The molecule has 9 heteroatoms. The molecular weight excluding hydrogens is 398 g/mol. The second kappa shape index (κ2) is 12.4. The van der Waals surface area contributed by atoms with Gasteiger partial charge >= 0.3 is 0 Å². The molecule has 0 aliphatic carbocycles. The standard InChI is InChI=1S/C19H23NO3.CH4O3S.H2O/c1-2-21-16-10-6-7-11-17(16)23-19(15-8-4-3-5-9-15)18-14-20-12-13-22-18;1-5(2,3)4;/h3-11,18-20H,2,12-14H2,1H3;1H3,(H,2,3,4);1H2/t18-,19-;;/m0../s1. The highest BCUT2D eigenvalue weighted by atomic mass is 32.2. The van der Waals surface area contributed by atoms with Gasteiger partial charge in [-0.3, -0.25) is 4.55 Å². The number of hydrogen-bond donors (Lipinski definition) is 2. The summed E-state index contributed by atoms with van der Waals surface area (Å²) in [7, 11) is -3.67. The summed E-state index contributed by atoms with van der Waals surface area (Å²) in [5.74, 6) is 1.51. The molecule has 0 spiro atoms. The van der Waals surface area contributed by atoms with Crippen LogP contribution in [0.3, 0.4) is 0 Å². The number of ether oxygens (including phenoxy) is 3. The Morgan fingerprint density at radius 1 is 1.14 bits per heavy atom. The second-order valence-corrected chi connectivity index (χ2v) is 7.64. The molecule has 0 unspecified atom stereocenters. The van der Waals surface area contributed by atoms with E-state index in [2.05, 4.69) is 17.4 Å². The largest absolute Gasteiger partial charge is 0.490 e. The van der Waals surface area contributed by atoms with Crippen LogP contribution in [0, 0.1) is 0 Å². The Bertz CT molecular complexity index is 801. The van der Waals surface area contributed by atoms with E-state index >= 15 is 0 Å². The molecule has 1 fully saturated rings. The molecule has 162 valence electrons. The highest BCUT2D eigenvalue weighted by molar-refractivity contribution is 7.85. The van der Waals surface area contributed by atoms with Crippen LogP contribution in [0.2, 0.25) is 0 Å². The highest BCUT2D eigenvalue weighted by Gasteiger charge is 2.28. The quantitative estimate of drug-likeness (QED) is 0.674. The summed E-state index contributed by atoms with van der Waals surface area (Å²) in [6.07, 6.45) is 0.513. The topological polar surface area (TPSA) is 126 Å². The van der Waals surface area contributed by atoms with Gasteiger partial charge in [0.2, 0.25) is 0 Å². The Kier molecular flexibility index (Phi) is 10.6. The number of nitrogens with one attached hydrogen (secondary N) is 1. The Morgan fingerprint density at radius 2 is 1.72 bits per heavy atom. The van der Waals surface area contributed by atoms with E-state index in [4.69, 9.17) is 18.8 Å². The normalized spacial score (nSPS) is 17.1. The molecule has 0 radical (unpaired) electrons. The van der Waals surface area contributed by atoms with Crippen LogP contribution in [0.15, 0.2) is 54.6 Å². The van der Waals surface area contributed by atoms with Crippen molar-refractivity contribution < 1.29 is 32.7 Å². The fourth-order valence-corrected chi connectivity index (χ4v) is 2.74. The smallest absolute Gasteiger partial charge is 0.261 e. The van der Waals surface area contributed by atoms with Crippen LogP contribution in [0.4, 0.5) is 0 Å². The Hall–Kier alpha value is -2.17. The van der Waals surface area contributed by atoms with E-state index in [0.717, 1.165) is 30.2 Å². The van der Waals surface area contributed by atoms with Gasteiger partial charge in [-0.15, -0.1) is 0 Å². The molecule has 0 bridgehead atoms. The maximum Gasteiger partial charge on any atom is 0.261 e. The first-order chi connectivity index (χ1) is 13.4. The highest BCUT2D eigenvalue weighted by Crippen LogP contribution is 2.33. The third kappa shape index (κ3) is 9.25. The van der Waals surface area contributed by atoms with Crippen molar-refractivity contribution in [1.82, 2.24) is 5.32 Å². The lowest BCUT2D eigenvalue weighted by atomic mass is 10.0. The van der Waals surface area contributed by atoms with E-state index in [9.17, 15) is 8.42 Å². The second-order valence-electron chi connectivity index (χ2n) is 6.18. The first kappa shape index (κ1) is 24.9. The van der Waals surface area contributed by atoms with Gasteiger partial charge < -0.3 is 25.0 Å². The molecule has 0 amide bonds. The minimum absolute atomic E-state index is 0. The van der Waals surface area contributed by atoms with Crippen LogP contribution in [0.1, 0.15) is 18.6 Å². The van der Waals surface area contributed by atoms with Crippen molar-refractivity contribution >= 4 is 10.1 Å². The Morgan fingerprint density at radius 3 is 2.28 bits per heavy atom. The van der Waals surface area contributed by atoms with Crippen LogP contribution < -0.4 is 14.8 Å². The van der Waals surface area contributed by atoms with Crippen molar-refractivity contribution in [2.45, 2.75) is 19.1 Å². The zero-order valence-corrected chi connectivity index (χ0v) is 17.4. The van der Waals surface area contributed by atoms with E-state index in [1.165, 1.54) is 0 Å². The lowest BCUT2D eigenvalue weighted by Crippen LogP contribution is -2.43. The molecule has 2 aromatic carbocycles. The molecule has 1 heterocycles. The molecule has 29 heavy (non-hydrogen) atoms. The van der Waals surface area contributed by atoms with E-state index in [0.29, 0.717) is 19.5 Å². The number of rotatable bonds is 6. The monoisotopic (exact) mass is 427 g/mol. The molecule has 8 nitrogen and oxygen atoms in total. The van der Waals surface area contributed by atoms with Gasteiger partial charge in [0.1, 0.15) is 6.10 Å². The van der Waals surface area contributed by atoms with Gasteiger partial charge in [-0.25, -0.2) is 0 Å². The number of para-hydroxylation sites is 2. The molecule has 0 aromatic heterocycles. The Balaban J connectivity index is 0.000000628. The molecule has 4 N–H and O–H groups in total. The fraction of sp³-hybridized carbons (Fsp3) is 0.400. The van der Waals surface area contributed by atoms with Crippen molar-refractivity contribution in [3.63, 3.8) is 0 Å². The van der Waals surface area contributed by atoms with Crippen LogP contribution in [0.5, 0.6) is 11.5 Å². The molecule has 2 atom stereocenters. The maximum atomic E-state index is 9.19. The summed E-state index contributed by atoms with van der Waals surface area (Å²) in [4.78, 5) is 0. The third-order valence-electron chi connectivity index (χ3n) is 3.83. The minimum Gasteiger partial charge on any atom is -0.490 e.